The maximum Gasteiger partial charge on any atom is 0.220 e. The van der Waals surface area contributed by atoms with Gasteiger partial charge in [0.2, 0.25) is 5.91 Å². The minimum absolute atomic E-state index is 0.146. The standard InChI is InChI=1S/C41H75NO8/c1-3-5-7-9-11-13-15-17-18-19-21-23-25-27-29-31-37(45)42-34(33-49-41-40(48)39(47)38(46)36(32-43)50-41)35(44)30-28-26-24-22-20-16-14-12-10-8-6-4-2/h5,7,11,13,17-18,34-36,38-41,43-44,46-48H,3-4,6,8-10,12,14-16,19-33H2,1-2H3,(H,42,45)/b7-5-,13-11-,18-17-. The Morgan fingerprint density at radius 3 is 1.84 bits per heavy atom. The second-order valence-corrected chi connectivity index (χ2v) is 14.1. The van der Waals surface area contributed by atoms with Gasteiger partial charge in [-0.3, -0.25) is 4.79 Å². The van der Waals surface area contributed by atoms with Gasteiger partial charge in [0.05, 0.1) is 25.4 Å². The molecule has 7 atom stereocenters. The number of amides is 1. The molecule has 6 N–H and O–H groups in total. The van der Waals surface area contributed by atoms with E-state index < -0.39 is 49.5 Å². The maximum atomic E-state index is 12.9. The number of carbonyl (C=O) groups is 1. The first-order valence-electron chi connectivity index (χ1n) is 20.2. The SMILES string of the molecule is CC/C=C\C/C=C\C/C=C\CCCCCCCC(=O)NC(COC1OC(CO)C(O)C(O)C1O)C(O)CCCCCCCCCCCCCC. The van der Waals surface area contributed by atoms with E-state index in [0.717, 1.165) is 77.0 Å². The van der Waals surface area contributed by atoms with Crippen molar-refractivity contribution in [1.29, 1.82) is 0 Å². The van der Waals surface area contributed by atoms with Gasteiger partial charge in [0, 0.05) is 6.42 Å². The lowest BCUT2D eigenvalue weighted by atomic mass is 9.99. The van der Waals surface area contributed by atoms with Gasteiger partial charge in [0.25, 0.3) is 0 Å². The van der Waals surface area contributed by atoms with E-state index in [1.165, 1.54) is 57.8 Å². The molecule has 1 saturated heterocycles. The van der Waals surface area contributed by atoms with E-state index in [4.69, 9.17) is 9.47 Å². The second kappa shape index (κ2) is 32.1. The van der Waals surface area contributed by atoms with Crippen molar-refractivity contribution in [1.82, 2.24) is 5.32 Å². The first-order valence-corrected chi connectivity index (χ1v) is 20.2. The molecule has 1 fully saturated rings. The summed E-state index contributed by atoms with van der Waals surface area (Å²) in [5, 5.41) is 54.1. The molecule has 0 radical (unpaired) electrons. The molecule has 0 bridgehead atoms. The van der Waals surface area contributed by atoms with Crippen LogP contribution in [-0.4, -0.2) is 87.5 Å². The number of hydrogen-bond donors (Lipinski definition) is 6. The van der Waals surface area contributed by atoms with Crippen LogP contribution in [-0.2, 0) is 14.3 Å². The number of allylic oxidation sites excluding steroid dienone is 6. The smallest absolute Gasteiger partial charge is 0.220 e. The molecule has 0 saturated carbocycles. The van der Waals surface area contributed by atoms with Gasteiger partial charge in [-0.15, -0.1) is 0 Å². The Kier molecular flexibility index (Phi) is 29.8. The Bertz CT molecular complexity index is 879. The van der Waals surface area contributed by atoms with Crippen LogP contribution in [0.15, 0.2) is 36.5 Å². The summed E-state index contributed by atoms with van der Waals surface area (Å²) in [6.45, 7) is 3.68. The van der Waals surface area contributed by atoms with Crippen LogP contribution in [0.3, 0.4) is 0 Å². The number of unbranched alkanes of at least 4 members (excludes halogenated alkanes) is 16. The monoisotopic (exact) mass is 710 g/mol. The third-order valence-corrected chi connectivity index (χ3v) is 9.51. The van der Waals surface area contributed by atoms with Gasteiger partial charge in [0.1, 0.15) is 24.4 Å². The van der Waals surface area contributed by atoms with E-state index in [1.54, 1.807) is 0 Å². The number of ether oxygens (including phenoxy) is 2. The summed E-state index contributed by atoms with van der Waals surface area (Å²) >= 11 is 0. The van der Waals surface area contributed by atoms with Crippen LogP contribution in [0.5, 0.6) is 0 Å². The Balaban J connectivity index is 2.41. The average molecular weight is 710 g/mol. The van der Waals surface area contributed by atoms with Crippen molar-refractivity contribution in [2.75, 3.05) is 13.2 Å². The fourth-order valence-electron chi connectivity index (χ4n) is 6.23. The molecule has 1 amide bonds. The largest absolute Gasteiger partial charge is 0.394 e. The highest BCUT2D eigenvalue weighted by Crippen LogP contribution is 2.23. The minimum Gasteiger partial charge on any atom is -0.394 e. The van der Waals surface area contributed by atoms with Crippen LogP contribution < -0.4 is 5.32 Å². The predicted octanol–water partition coefficient (Wildman–Crippen LogP) is 7.33. The molecule has 0 aromatic carbocycles. The lowest BCUT2D eigenvalue weighted by molar-refractivity contribution is -0.302. The number of rotatable bonds is 32. The zero-order chi connectivity index (χ0) is 36.7. The minimum atomic E-state index is -1.55. The lowest BCUT2D eigenvalue weighted by Gasteiger charge is -2.40. The Hall–Kier alpha value is -1.59. The lowest BCUT2D eigenvalue weighted by Crippen LogP contribution is -2.60. The van der Waals surface area contributed by atoms with Gasteiger partial charge in [-0.2, -0.15) is 0 Å². The van der Waals surface area contributed by atoms with Crippen LogP contribution in [0.25, 0.3) is 0 Å². The molecule has 0 aromatic rings. The molecule has 292 valence electrons. The highest BCUT2D eigenvalue weighted by Gasteiger charge is 2.44. The zero-order valence-corrected chi connectivity index (χ0v) is 31.6. The summed E-state index contributed by atoms with van der Waals surface area (Å²) in [6, 6.07) is -0.725. The number of aliphatic hydroxyl groups excluding tert-OH is 5. The van der Waals surface area contributed by atoms with Crippen LogP contribution in [0.2, 0.25) is 0 Å². The van der Waals surface area contributed by atoms with Crippen LogP contribution >= 0.6 is 0 Å². The summed E-state index contributed by atoms with van der Waals surface area (Å²) in [5.74, 6) is -0.165. The molecule has 1 aliphatic heterocycles. The molecule has 50 heavy (non-hydrogen) atoms. The molecular formula is C41H75NO8. The number of hydrogen-bond acceptors (Lipinski definition) is 8. The summed E-state index contributed by atoms with van der Waals surface area (Å²) < 4.78 is 11.2. The molecule has 0 aliphatic carbocycles. The topological polar surface area (TPSA) is 149 Å². The first-order chi connectivity index (χ1) is 24.3. The van der Waals surface area contributed by atoms with Gasteiger partial charge < -0.3 is 40.3 Å². The fraction of sp³-hybridized carbons (Fsp3) is 0.829. The Morgan fingerprint density at radius 2 is 1.24 bits per heavy atom. The van der Waals surface area contributed by atoms with Gasteiger partial charge in [-0.1, -0.05) is 147 Å². The Morgan fingerprint density at radius 1 is 0.700 bits per heavy atom. The molecule has 1 aliphatic rings. The van der Waals surface area contributed by atoms with Crippen molar-refractivity contribution >= 4 is 5.91 Å². The van der Waals surface area contributed by atoms with Crippen molar-refractivity contribution < 1.29 is 39.8 Å². The van der Waals surface area contributed by atoms with E-state index in [-0.39, 0.29) is 12.5 Å². The molecule has 0 aromatic heterocycles. The molecule has 9 nitrogen and oxygen atoms in total. The van der Waals surface area contributed by atoms with Crippen molar-refractivity contribution in [3.63, 3.8) is 0 Å². The summed E-state index contributed by atoms with van der Waals surface area (Å²) in [6.07, 6.45) is 30.0. The maximum absolute atomic E-state index is 12.9. The zero-order valence-electron chi connectivity index (χ0n) is 31.6. The summed E-state index contributed by atoms with van der Waals surface area (Å²) in [4.78, 5) is 12.9. The quantitative estimate of drug-likeness (QED) is 0.0314. The van der Waals surface area contributed by atoms with Crippen molar-refractivity contribution in [2.24, 2.45) is 0 Å². The average Bonchev–Trinajstić information content (AvgIpc) is 3.11. The van der Waals surface area contributed by atoms with Gasteiger partial charge in [-0.25, -0.2) is 0 Å². The molecule has 1 heterocycles. The highest BCUT2D eigenvalue weighted by molar-refractivity contribution is 5.76. The van der Waals surface area contributed by atoms with Gasteiger partial charge in [0.15, 0.2) is 6.29 Å². The van der Waals surface area contributed by atoms with Gasteiger partial charge >= 0.3 is 0 Å². The Labute approximate surface area is 304 Å². The van der Waals surface area contributed by atoms with E-state index >= 15 is 0 Å². The first kappa shape index (κ1) is 46.4. The van der Waals surface area contributed by atoms with E-state index in [1.807, 2.05) is 0 Å². The van der Waals surface area contributed by atoms with Crippen LogP contribution in [0.4, 0.5) is 0 Å². The fourth-order valence-corrected chi connectivity index (χ4v) is 6.23. The molecular weight excluding hydrogens is 634 g/mol. The van der Waals surface area contributed by atoms with Gasteiger partial charge in [-0.05, 0) is 44.9 Å². The summed E-state index contributed by atoms with van der Waals surface area (Å²) in [7, 11) is 0. The van der Waals surface area contributed by atoms with Crippen LogP contribution in [0, 0.1) is 0 Å². The summed E-state index contributed by atoms with van der Waals surface area (Å²) in [5.41, 5.74) is 0. The number of carbonyl (C=O) groups excluding carboxylic acids is 1. The van der Waals surface area contributed by atoms with Crippen LogP contribution in [0.1, 0.15) is 162 Å². The normalized spacial score (nSPS) is 22.6. The molecule has 9 heteroatoms. The van der Waals surface area contributed by atoms with Crippen molar-refractivity contribution in [2.45, 2.75) is 204 Å². The van der Waals surface area contributed by atoms with E-state index in [9.17, 15) is 30.3 Å². The number of aliphatic hydroxyl groups is 5. The third kappa shape index (κ3) is 23.1. The van der Waals surface area contributed by atoms with E-state index in [2.05, 4.69) is 55.6 Å². The third-order valence-electron chi connectivity index (χ3n) is 9.51. The van der Waals surface area contributed by atoms with E-state index in [0.29, 0.717) is 12.8 Å². The predicted molar refractivity (Wildman–Crippen MR) is 203 cm³/mol. The molecule has 1 rings (SSSR count). The van der Waals surface area contributed by atoms with Crippen molar-refractivity contribution in [3.8, 4) is 0 Å². The van der Waals surface area contributed by atoms with Crippen molar-refractivity contribution in [3.05, 3.63) is 36.5 Å². The molecule has 7 unspecified atom stereocenters. The second-order valence-electron chi connectivity index (χ2n) is 14.1. The molecule has 0 spiro atoms. The number of nitrogens with one attached hydrogen (secondary N) is 1. The highest BCUT2D eigenvalue weighted by atomic mass is 16.7.